The fourth-order valence-corrected chi connectivity index (χ4v) is 1.41. The van der Waals surface area contributed by atoms with E-state index in [2.05, 4.69) is 0 Å². The van der Waals surface area contributed by atoms with Gasteiger partial charge in [-0.25, -0.2) is 4.39 Å². The van der Waals surface area contributed by atoms with Gasteiger partial charge in [0.15, 0.2) is 0 Å². The Morgan fingerprint density at radius 2 is 2.19 bits per heavy atom. The average Bonchev–Trinajstić information content (AvgIpc) is 2.27. The first-order valence-electron chi connectivity index (χ1n) is 5.32. The van der Waals surface area contributed by atoms with Crippen LogP contribution in [0.15, 0.2) is 18.2 Å². The van der Waals surface area contributed by atoms with Gasteiger partial charge in [0.05, 0.1) is 6.10 Å². The van der Waals surface area contributed by atoms with E-state index in [4.69, 9.17) is 15.2 Å². The number of nitrogens with two attached hydrogens (primary N) is 1. The maximum Gasteiger partial charge on any atom is 0.131 e. The minimum Gasteiger partial charge on any atom is -0.490 e. The maximum absolute atomic E-state index is 13.4. The first-order valence-corrected chi connectivity index (χ1v) is 5.32. The SMILES string of the molecule is COCCC(C)Oc1cccc(F)c1CN. The molecule has 0 spiro atoms. The molecule has 0 bridgehead atoms. The first kappa shape index (κ1) is 12.9. The van der Waals surface area contributed by atoms with E-state index in [0.717, 1.165) is 6.42 Å². The van der Waals surface area contributed by atoms with Crippen molar-refractivity contribution >= 4 is 0 Å². The van der Waals surface area contributed by atoms with Gasteiger partial charge in [-0.2, -0.15) is 0 Å². The zero-order valence-electron chi connectivity index (χ0n) is 9.70. The van der Waals surface area contributed by atoms with Gasteiger partial charge >= 0.3 is 0 Å². The number of benzene rings is 1. The summed E-state index contributed by atoms with van der Waals surface area (Å²) in [4.78, 5) is 0. The molecule has 3 nitrogen and oxygen atoms in total. The highest BCUT2D eigenvalue weighted by Gasteiger charge is 2.10. The highest BCUT2D eigenvalue weighted by molar-refractivity contribution is 5.34. The van der Waals surface area contributed by atoms with Crippen LogP contribution in [0.2, 0.25) is 0 Å². The Morgan fingerprint density at radius 3 is 2.81 bits per heavy atom. The molecule has 4 heteroatoms. The lowest BCUT2D eigenvalue weighted by molar-refractivity contribution is 0.134. The molecule has 1 aromatic carbocycles. The van der Waals surface area contributed by atoms with Crippen molar-refractivity contribution in [3.63, 3.8) is 0 Å². The van der Waals surface area contributed by atoms with Gasteiger partial charge in [0.25, 0.3) is 0 Å². The van der Waals surface area contributed by atoms with Gasteiger partial charge in [0, 0.05) is 32.2 Å². The number of halogens is 1. The molecule has 0 amide bonds. The van der Waals surface area contributed by atoms with Crippen LogP contribution in [-0.4, -0.2) is 19.8 Å². The van der Waals surface area contributed by atoms with Crippen molar-refractivity contribution in [2.75, 3.05) is 13.7 Å². The Balaban J connectivity index is 2.69. The molecule has 0 fully saturated rings. The Hall–Kier alpha value is -1.13. The quantitative estimate of drug-likeness (QED) is 0.809. The summed E-state index contributed by atoms with van der Waals surface area (Å²) in [7, 11) is 1.64. The first-order chi connectivity index (χ1) is 7.69. The van der Waals surface area contributed by atoms with E-state index in [1.807, 2.05) is 6.92 Å². The van der Waals surface area contributed by atoms with Crippen LogP contribution in [0.3, 0.4) is 0 Å². The summed E-state index contributed by atoms with van der Waals surface area (Å²) in [6.45, 7) is 2.68. The maximum atomic E-state index is 13.4. The normalized spacial score (nSPS) is 12.5. The van der Waals surface area contributed by atoms with Gasteiger partial charge in [0.2, 0.25) is 0 Å². The molecule has 0 saturated carbocycles. The zero-order valence-corrected chi connectivity index (χ0v) is 9.70. The Morgan fingerprint density at radius 1 is 1.44 bits per heavy atom. The fraction of sp³-hybridized carbons (Fsp3) is 0.500. The van der Waals surface area contributed by atoms with Crippen molar-refractivity contribution in [3.8, 4) is 5.75 Å². The Labute approximate surface area is 95.4 Å². The molecule has 0 aromatic heterocycles. The molecular formula is C12H18FNO2. The molecular weight excluding hydrogens is 209 g/mol. The van der Waals surface area contributed by atoms with Crippen LogP contribution in [0, 0.1) is 5.82 Å². The van der Waals surface area contributed by atoms with Gasteiger partial charge < -0.3 is 15.2 Å². The predicted molar refractivity (Wildman–Crippen MR) is 60.9 cm³/mol. The van der Waals surface area contributed by atoms with Crippen molar-refractivity contribution < 1.29 is 13.9 Å². The summed E-state index contributed by atoms with van der Waals surface area (Å²) >= 11 is 0. The molecule has 1 atom stereocenters. The highest BCUT2D eigenvalue weighted by Crippen LogP contribution is 2.22. The van der Waals surface area contributed by atoms with Crippen molar-refractivity contribution in [2.24, 2.45) is 5.73 Å². The molecule has 1 aromatic rings. The van der Waals surface area contributed by atoms with E-state index in [-0.39, 0.29) is 18.5 Å². The summed E-state index contributed by atoms with van der Waals surface area (Å²) in [5, 5.41) is 0. The van der Waals surface area contributed by atoms with Crippen molar-refractivity contribution in [2.45, 2.75) is 26.0 Å². The van der Waals surface area contributed by atoms with Gasteiger partial charge in [-0.1, -0.05) is 6.07 Å². The number of ether oxygens (including phenoxy) is 2. The third-order valence-corrected chi connectivity index (χ3v) is 2.34. The van der Waals surface area contributed by atoms with E-state index in [1.165, 1.54) is 6.07 Å². The fourth-order valence-electron chi connectivity index (χ4n) is 1.41. The number of rotatable bonds is 6. The molecule has 1 unspecified atom stereocenters. The van der Waals surface area contributed by atoms with Crippen molar-refractivity contribution in [3.05, 3.63) is 29.6 Å². The molecule has 0 aliphatic heterocycles. The number of hydrogen-bond donors (Lipinski definition) is 1. The Bertz CT molecular complexity index is 331. The van der Waals surface area contributed by atoms with Crippen LogP contribution in [0.1, 0.15) is 18.9 Å². The van der Waals surface area contributed by atoms with Gasteiger partial charge in [-0.05, 0) is 19.1 Å². The molecule has 0 radical (unpaired) electrons. The summed E-state index contributed by atoms with van der Waals surface area (Å²) in [5.74, 6) is 0.199. The van der Waals surface area contributed by atoms with Gasteiger partial charge in [-0.3, -0.25) is 0 Å². The van der Waals surface area contributed by atoms with Crippen LogP contribution >= 0.6 is 0 Å². The standard InChI is InChI=1S/C12H18FNO2/c1-9(6-7-15-2)16-12-5-3-4-11(13)10(12)8-14/h3-5,9H,6-8,14H2,1-2H3. The third-order valence-electron chi connectivity index (χ3n) is 2.34. The van der Waals surface area contributed by atoms with Crippen LogP contribution in [0.25, 0.3) is 0 Å². The van der Waals surface area contributed by atoms with E-state index in [9.17, 15) is 4.39 Å². The lowest BCUT2D eigenvalue weighted by Crippen LogP contribution is -2.16. The third kappa shape index (κ3) is 3.47. The molecule has 0 aliphatic carbocycles. The number of methoxy groups -OCH3 is 1. The van der Waals surface area contributed by atoms with Gasteiger partial charge in [0.1, 0.15) is 11.6 Å². The monoisotopic (exact) mass is 227 g/mol. The lowest BCUT2D eigenvalue weighted by Gasteiger charge is -2.17. The van der Waals surface area contributed by atoms with Crippen LogP contribution in [0.5, 0.6) is 5.75 Å². The molecule has 0 saturated heterocycles. The van der Waals surface area contributed by atoms with E-state index >= 15 is 0 Å². The van der Waals surface area contributed by atoms with Crippen molar-refractivity contribution in [1.29, 1.82) is 0 Å². The molecule has 90 valence electrons. The molecule has 1 rings (SSSR count). The van der Waals surface area contributed by atoms with E-state index in [1.54, 1.807) is 19.2 Å². The van der Waals surface area contributed by atoms with Crippen LogP contribution < -0.4 is 10.5 Å². The van der Waals surface area contributed by atoms with Gasteiger partial charge in [-0.15, -0.1) is 0 Å². The molecule has 16 heavy (non-hydrogen) atoms. The van der Waals surface area contributed by atoms with Crippen LogP contribution in [-0.2, 0) is 11.3 Å². The Kier molecular flexibility index (Phi) is 5.22. The second-order valence-corrected chi connectivity index (χ2v) is 3.63. The minimum atomic E-state index is -0.320. The largest absolute Gasteiger partial charge is 0.490 e. The summed E-state index contributed by atoms with van der Waals surface area (Å²) < 4.78 is 23.9. The smallest absolute Gasteiger partial charge is 0.131 e. The van der Waals surface area contributed by atoms with E-state index in [0.29, 0.717) is 17.9 Å². The summed E-state index contributed by atoms with van der Waals surface area (Å²) in [5.41, 5.74) is 5.91. The molecule has 0 aliphatic rings. The zero-order chi connectivity index (χ0) is 12.0. The topological polar surface area (TPSA) is 44.5 Å². The lowest BCUT2D eigenvalue weighted by atomic mass is 10.2. The summed E-state index contributed by atoms with van der Waals surface area (Å²) in [6.07, 6.45) is 0.740. The van der Waals surface area contributed by atoms with E-state index < -0.39 is 0 Å². The van der Waals surface area contributed by atoms with Crippen LogP contribution in [0.4, 0.5) is 4.39 Å². The minimum absolute atomic E-state index is 0.0213. The predicted octanol–water partition coefficient (Wildman–Crippen LogP) is 2.09. The highest BCUT2D eigenvalue weighted by atomic mass is 19.1. The molecule has 0 heterocycles. The second-order valence-electron chi connectivity index (χ2n) is 3.63. The number of hydrogen-bond acceptors (Lipinski definition) is 3. The van der Waals surface area contributed by atoms with Crippen molar-refractivity contribution in [1.82, 2.24) is 0 Å². The summed E-state index contributed by atoms with van der Waals surface area (Å²) in [6, 6.07) is 4.73. The second kappa shape index (κ2) is 6.45. The molecule has 2 N–H and O–H groups in total. The average molecular weight is 227 g/mol.